The first-order valence-electron chi connectivity index (χ1n) is 22.2. The first-order valence-corrected chi connectivity index (χ1v) is 22.2. The molecule has 68 heavy (non-hydrogen) atoms. The molecule has 0 saturated carbocycles. The zero-order valence-corrected chi connectivity index (χ0v) is 39.0. The van der Waals surface area contributed by atoms with E-state index in [1.165, 1.54) is 47.2 Å². The molecule has 362 valence electrons. The summed E-state index contributed by atoms with van der Waals surface area (Å²) in [5.74, 6) is -4.86. The van der Waals surface area contributed by atoms with Gasteiger partial charge in [-0.25, -0.2) is 4.79 Å². The highest BCUT2D eigenvalue weighted by Crippen LogP contribution is 2.31. The molecule has 0 aromatic heterocycles. The Morgan fingerprint density at radius 3 is 2.15 bits per heavy atom. The second-order valence-corrected chi connectivity index (χ2v) is 18.9. The van der Waals surface area contributed by atoms with E-state index in [1.54, 1.807) is 59.7 Å². The highest BCUT2D eigenvalue weighted by molar-refractivity contribution is 6.02. The number of hydrogen-bond acceptors (Lipinski definition) is 10. The van der Waals surface area contributed by atoms with Crippen LogP contribution in [0, 0.1) is 0 Å². The Bertz CT molecular complexity index is 2550. The summed E-state index contributed by atoms with van der Waals surface area (Å²) in [7, 11) is 1.37. The smallest absolute Gasteiger partial charge is 0.416 e. The summed E-state index contributed by atoms with van der Waals surface area (Å²) >= 11 is 0. The second-order valence-electron chi connectivity index (χ2n) is 18.9. The van der Waals surface area contributed by atoms with Crippen molar-refractivity contribution >= 4 is 57.9 Å². The largest absolute Gasteiger partial charge is 0.491 e. The number of esters is 2. The number of nitrogens with zero attached hydrogens (tertiary/aromatic N) is 3. The summed E-state index contributed by atoms with van der Waals surface area (Å²) in [6.07, 6.45) is -5.84. The van der Waals surface area contributed by atoms with Crippen LogP contribution in [0.2, 0.25) is 0 Å². The SMILES string of the molecule is CN1C(=O)c2ccc(cc2)OC[C@@H]2C[C@@H](NC(=O)c3cccc(C(F)(F)F)c3)CN2C(=O)CN(c2ccc3ccccc3c2)C(=O)CC[C@H]1C(=O)N[C@H](CC(=O)OC(C)(C)C)C(=O)OC(C)(C)C. The molecule has 3 heterocycles. The van der Waals surface area contributed by atoms with Crippen LogP contribution in [0.4, 0.5) is 18.9 Å². The van der Waals surface area contributed by atoms with Crippen LogP contribution in [0.5, 0.6) is 5.75 Å². The van der Waals surface area contributed by atoms with Gasteiger partial charge in [0.25, 0.3) is 11.8 Å². The Hall–Kier alpha value is -6.98. The minimum Gasteiger partial charge on any atom is -0.491 e. The zero-order valence-electron chi connectivity index (χ0n) is 39.0. The second kappa shape index (κ2) is 20.5. The standard InChI is InChI=1S/C50H56F3N5O10/c1-48(2,3)67-43(61)26-39(47(65)68-49(4,5)6)55-45(63)40-21-22-41(59)58(36-18-15-30-11-8-9-12-32(30)24-36)28-42(60)57-27-35(54-44(62)33-13-10-14-34(23-33)50(51,52)53)25-37(57)29-66-38-19-16-31(17-20-38)46(64)56(40)7/h8-20,23-24,35,37,39-40H,21-22,25-29H2,1-7H3,(H,54,62)(H,55,63)/t35-,37+,39-,40+/m1/s1. The van der Waals surface area contributed by atoms with Gasteiger partial charge < -0.3 is 39.5 Å². The maximum Gasteiger partial charge on any atom is 0.416 e. The molecule has 15 nitrogen and oxygen atoms in total. The molecule has 2 bridgehead atoms. The lowest BCUT2D eigenvalue weighted by Gasteiger charge is -2.31. The number of halogens is 3. The van der Waals surface area contributed by atoms with E-state index in [-0.39, 0.29) is 37.1 Å². The molecule has 4 atom stereocenters. The molecular weight excluding hydrogens is 888 g/mol. The number of likely N-dealkylation sites (N-methyl/N-ethyl adjacent to an activating group) is 1. The van der Waals surface area contributed by atoms with E-state index in [0.717, 1.165) is 33.9 Å². The van der Waals surface area contributed by atoms with E-state index in [1.807, 2.05) is 24.3 Å². The van der Waals surface area contributed by atoms with Crippen LogP contribution < -0.4 is 20.3 Å². The molecule has 1 fully saturated rings. The van der Waals surface area contributed by atoms with E-state index >= 15 is 0 Å². The number of fused-ring (bicyclic) bond motifs is 12. The van der Waals surface area contributed by atoms with Crippen molar-refractivity contribution in [3.05, 3.63) is 108 Å². The molecule has 0 spiro atoms. The third-order valence-corrected chi connectivity index (χ3v) is 11.2. The average Bonchev–Trinajstić information content (AvgIpc) is 3.67. The van der Waals surface area contributed by atoms with Gasteiger partial charge in [-0.05, 0) is 120 Å². The highest BCUT2D eigenvalue weighted by atomic mass is 19.4. The van der Waals surface area contributed by atoms with Crippen LogP contribution in [0.15, 0.2) is 91.0 Å². The number of amides is 5. The van der Waals surface area contributed by atoms with Gasteiger partial charge in [0, 0.05) is 42.9 Å². The van der Waals surface area contributed by atoms with Crippen molar-refractivity contribution < 1.29 is 60.9 Å². The fourth-order valence-electron chi connectivity index (χ4n) is 8.00. The number of anilines is 1. The lowest BCUT2D eigenvalue weighted by atomic mass is 10.0. The fraction of sp³-hybridized carbons (Fsp3) is 0.420. The van der Waals surface area contributed by atoms with Crippen LogP contribution in [0.3, 0.4) is 0 Å². The number of alkyl halides is 3. The first kappa shape index (κ1) is 50.4. The third kappa shape index (κ3) is 13.1. The van der Waals surface area contributed by atoms with Gasteiger partial charge in [0.1, 0.15) is 42.2 Å². The van der Waals surface area contributed by atoms with Gasteiger partial charge in [-0.1, -0.05) is 36.4 Å². The van der Waals surface area contributed by atoms with Crippen molar-refractivity contribution in [2.24, 2.45) is 0 Å². The zero-order chi connectivity index (χ0) is 49.7. The summed E-state index contributed by atoms with van der Waals surface area (Å²) in [6.45, 7) is 9.10. The van der Waals surface area contributed by atoms with Gasteiger partial charge in [0.05, 0.1) is 18.0 Å². The quantitative estimate of drug-likeness (QED) is 0.186. The van der Waals surface area contributed by atoms with Crippen molar-refractivity contribution in [2.75, 3.05) is 31.6 Å². The van der Waals surface area contributed by atoms with Gasteiger partial charge in [0.2, 0.25) is 17.7 Å². The summed E-state index contributed by atoms with van der Waals surface area (Å²) in [6, 6.07) is 18.2. The third-order valence-electron chi connectivity index (χ3n) is 11.2. The fourth-order valence-corrected chi connectivity index (χ4v) is 8.00. The molecule has 4 aromatic carbocycles. The number of nitrogens with one attached hydrogen (secondary N) is 2. The van der Waals surface area contributed by atoms with Crippen LogP contribution in [0.25, 0.3) is 10.8 Å². The molecule has 3 aliphatic rings. The Morgan fingerprint density at radius 2 is 1.49 bits per heavy atom. The lowest BCUT2D eigenvalue weighted by Crippen LogP contribution is -2.54. The Morgan fingerprint density at radius 1 is 0.809 bits per heavy atom. The lowest BCUT2D eigenvalue weighted by molar-refractivity contribution is -0.165. The Kier molecular flexibility index (Phi) is 15.2. The van der Waals surface area contributed by atoms with Crippen molar-refractivity contribution in [3.8, 4) is 5.75 Å². The first-order chi connectivity index (χ1) is 31.8. The average molecular weight is 944 g/mol. The molecule has 0 aliphatic carbocycles. The van der Waals surface area contributed by atoms with Gasteiger partial charge in [-0.2, -0.15) is 13.2 Å². The van der Waals surface area contributed by atoms with Crippen LogP contribution in [-0.4, -0.2) is 113 Å². The molecule has 2 N–H and O–H groups in total. The molecule has 0 radical (unpaired) electrons. The molecule has 7 rings (SSSR count). The van der Waals surface area contributed by atoms with E-state index in [0.29, 0.717) is 11.4 Å². The van der Waals surface area contributed by atoms with Gasteiger partial charge in [-0.15, -0.1) is 0 Å². The van der Waals surface area contributed by atoms with Crippen LogP contribution in [0.1, 0.15) is 93.5 Å². The predicted octanol–water partition coefficient (Wildman–Crippen LogP) is 6.46. The van der Waals surface area contributed by atoms with Crippen molar-refractivity contribution in [2.45, 2.75) is 109 Å². The van der Waals surface area contributed by atoms with Gasteiger partial charge in [0.15, 0.2) is 0 Å². The van der Waals surface area contributed by atoms with Crippen molar-refractivity contribution in [1.82, 2.24) is 20.4 Å². The molecule has 0 unspecified atom stereocenters. The summed E-state index contributed by atoms with van der Waals surface area (Å²) in [4.78, 5) is 102. The van der Waals surface area contributed by atoms with E-state index in [4.69, 9.17) is 14.2 Å². The number of benzene rings is 4. The van der Waals surface area contributed by atoms with Gasteiger partial charge in [-0.3, -0.25) is 28.8 Å². The highest BCUT2D eigenvalue weighted by Gasteiger charge is 2.40. The van der Waals surface area contributed by atoms with E-state index in [9.17, 15) is 46.7 Å². The Balaban J connectivity index is 1.33. The van der Waals surface area contributed by atoms with Crippen molar-refractivity contribution in [3.63, 3.8) is 0 Å². The minimum atomic E-state index is -4.68. The molecular formula is C50H56F3N5O10. The predicted molar refractivity (Wildman–Crippen MR) is 244 cm³/mol. The molecule has 5 amide bonds. The number of ether oxygens (including phenoxy) is 3. The minimum absolute atomic E-state index is 0.0695. The van der Waals surface area contributed by atoms with Crippen LogP contribution >= 0.6 is 0 Å². The summed E-state index contributed by atoms with van der Waals surface area (Å²) in [5.41, 5.74) is -2.67. The topological polar surface area (TPSA) is 181 Å². The maximum atomic E-state index is 14.6. The summed E-state index contributed by atoms with van der Waals surface area (Å²) in [5, 5.41) is 6.95. The normalized spacial score (nSPS) is 19.2. The Labute approximate surface area is 392 Å². The monoisotopic (exact) mass is 943 g/mol. The molecule has 18 heteroatoms. The molecule has 4 aromatic rings. The summed E-state index contributed by atoms with van der Waals surface area (Å²) < 4.78 is 57.7. The maximum absolute atomic E-state index is 14.6. The number of rotatable bonds is 8. The number of carbonyl (C=O) groups excluding carboxylic acids is 7. The molecule has 3 aliphatic heterocycles. The van der Waals surface area contributed by atoms with E-state index in [2.05, 4.69) is 10.6 Å². The molecule has 1 saturated heterocycles. The number of hydrogen-bond donors (Lipinski definition) is 2. The van der Waals surface area contributed by atoms with Crippen molar-refractivity contribution in [1.29, 1.82) is 0 Å². The van der Waals surface area contributed by atoms with Crippen LogP contribution in [-0.2, 0) is 39.6 Å². The van der Waals surface area contributed by atoms with Gasteiger partial charge >= 0.3 is 18.1 Å². The number of carbonyl (C=O) groups is 7. The van der Waals surface area contributed by atoms with E-state index < -0.39 is 108 Å².